The van der Waals surface area contributed by atoms with E-state index in [2.05, 4.69) is 26.9 Å². The van der Waals surface area contributed by atoms with Crippen molar-refractivity contribution in [2.45, 2.75) is 53.6 Å². The number of aromatic hydroxyl groups is 5. The largest absolute Gasteiger partial charge is 0.508 e. The summed E-state index contributed by atoms with van der Waals surface area (Å²) in [6.45, 7) is 9.42. The van der Waals surface area contributed by atoms with Gasteiger partial charge in [-0.2, -0.15) is 5.10 Å². The summed E-state index contributed by atoms with van der Waals surface area (Å²) in [5.74, 6) is 8.76. The predicted molar refractivity (Wildman–Crippen MR) is 180 cm³/mol. The molecule has 13 heteroatoms. The molecule has 0 aliphatic carbocycles. The fraction of sp³-hybridized carbons (Fsp3) is 0.273. The Bertz CT molecular complexity index is 1690. The van der Waals surface area contributed by atoms with Gasteiger partial charge in [-0.25, -0.2) is 0 Å². The van der Waals surface area contributed by atoms with E-state index < -0.39 is 0 Å². The van der Waals surface area contributed by atoms with E-state index in [1.807, 2.05) is 46.1 Å². The first-order chi connectivity index (χ1) is 21.9. The van der Waals surface area contributed by atoms with E-state index in [0.717, 1.165) is 16.1 Å². The van der Waals surface area contributed by atoms with E-state index in [9.17, 15) is 30.6 Å². The molecule has 0 radical (unpaired) electrons. The third kappa shape index (κ3) is 9.34. The number of nitrogens with one attached hydrogen (secondary N) is 1. The van der Waals surface area contributed by atoms with Crippen LogP contribution in [0.3, 0.4) is 0 Å². The molecule has 248 valence electrons. The molecule has 5 aromatic rings. The van der Waals surface area contributed by atoms with Crippen LogP contribution in [0.5, 0.6) is 34.5 Å². The molecule has 5 rings (SSSR count). The Morgan fingerprint density at radius 1 is 0.891 bits per heavy atom. The van der Waals surface area contributed by atoms with Crippen LogP contribution >= 0.6 is 11.3 Å². The summed E-state index contributed by atoms with van der Waals surface area (Å²) in [6.07, 6.45) is 2.38. The summed E-state index contributed by atoms with van der Waals surface area (Å²) >= 11 is 1.67. The SMILES string of the molecule is CCc1cc(-c2n[nH]c(CO)c2-c2ccc(OC)c(O)c2)c(O)cc1O.Cc1cc(C(C)C)c(O)cc1O.Cc1nccs1.NN. The van der Waals surface area contributed by atoms with Crippen molar-refractivity contribution in [2.24, 2.45) is 11.7 Å². The number of hydrazine groups is 1. The van der Waals surface area contributed by atoms with Crippen molar-refractivity contribution in [1.29, 1.82) is 0 Å². The molecule has 3 aromatic carbocycles. The van der Waals surface area contributed by atoms with Gasteiger partial charge in [-0.05, 0) is 72.7 Å². The number of benzene rings is 3. The second-order valence-electron chi connectivity index (χ2n) is 10.2. The van der Waals surface area contributed by atoms with Crippen molar-refractivity contribution >= 4 is 11.3 Å². The zero-order valence-corrected chi connectivity index (χ0v) is 27.6. The molecule has 0 aliphatic rings. The average molecular weight is 654 g/mol. The number of phenolic OH excluding ortho intramolecular Hbond substituents is 5. The fourth-order valence-corrected chi connectivity index (χ4v) is 4.84. The lowest BCUT2D eigenvalue weighted by Crippen LogP contribution is -2.02. The van der Waals surface area contributed by atoms with Crippen LogP contribution in [0, 0.1) is 13.8 Å². The lowest BCUT2D eigenvalue weighted by molar-refractivity contribution is 0.277. The third-order valence-electron chi connectivity index (χ3n) is 6.82. The molecule has 0 saturated carbocycles. The molecule has 0 amide bonds. The molecule has 2 aromatic heterocycles. The van der Waals surface area contributed by atoms with Gasteiger partial charge in [0.15, 0.2) is 11.5 Å². The summed E-state index contributed by atoms with van der Waals surface area (Å²) in [5, 5.41) is 68.7. The number of aliphatic hydroxyl groups is 1. The van der Waals surface area contributed by atoms with Gasteiger partial charge in [0.1, 0.15) is 28.7 Å². The average Bonchev–Trinajstić information content (AvgIpc) is 3.69. The van der Waals surface area contributed by atoms with Crippen molar-refractivity contribution in [1.82, 2.24) is 15.2 Å². The Hall–Kier alpha value is -4.82. The van der Waals surface area contributed by atoms with Crippen LogP contribution in [-0.2, 0) is 13.0 Å². The van der Waals surface area contributed by atoms with E-state index in [-0.39, 0.29) is 41.3 Å². The number of aliphatic hydroxyl groups excluding tert-OH is 1. The Morgan fingerprint density at radius 2 is 1.57 bits per heavy atom. The number of methoxy groups -OCH3 is 1. The molecule has 11 N–H and O–H groups in total. The van der Waals surface area contributed by atoms with Gasteiger partial charge >= 0.3 is 0 Å². The monoisotopic (exact) mass is 653 g/mol. The Morgan fingerprint density at radius 3 is 2.07 bits per heavy atom. The van der Waals surface area contributed by atoms with Gasteiger partial charge in [0.2, 0.25) is 0 Å². The highest BCUT2D eigenvalue weighted by atomic mass is 32.1. The maximum absolute atomic E-state index is 10.3. The number of aromatic nitrogens is 3. The number of phenols is 5. The van der Waals surface area contributed by atoms with Crippen LogP contribution < -0.4 is 16.4 Å². The second-order valence-corrected chi connectivity index (χ2v) is 11.3. The number of H-pyrrole nitrogens is 1. The highest BCUT2D eigenvalue weighted by Crippen LogP contribution is 2.42. The van der Waals surface area contributed by atoms with E-state index in [0.29, 0.717) is 45.8 Å². The summed E-state index contributed by atoms with van der Waals surface area (Å²) in [6, 6.07) is 11.0. The smallest absolute Gasteiger partial charge is 0.160 e. The molecule has 0 fully saturated rings. The lowest BCUT2D eigenvalue weighted by Gasteiger charge is -2.11. The van der Waals surface area contributed by atoms with Gasteiger partial charge in [-0.15, -0.1) is 11.3 Å². The number of ether oxygens (including phenoxy) is 1. The van der Waals surface area contributed by atoms with Crippen molar-refractivity contribution in [3.63, 3.8) is 0 Å². The molecule has 0 spiro atoms. The number of nitrogens with two attached hydrogens (primary N) is 2. The second kappa shape index (κ2) is 17.6. The van der Waals surface area contributed by atoms with Gasteiger partial charge in [-0.3, -0.25) is 21.8 Å². The topological polar surface area (TPSA) is 224 Å². The zero-order chi connectivity index (χ0) is 34.6. The molecule has 0 bridgehead atoms. The number of thiazole rings is 1. The summed E-state index contributed by atoms with van der Waals surface area (Å²) in [5.41, 5.74) is 4.76. The highest BCUT2D eigenvalue weighted by molar-refractivity contribution is 7.09. The first-order valence-electron chi connectivity index (χ1n) is 14.2. The van der Waals surface area contributed by atoms with E-state index >= 15 is 0 Å². The molecule has 12 nitrogen and oxygen atoms in total. The maximum Gasteiger partial charge on any atom is 0.160 e. The van der Waals surface area contributed by atoms with Crippen molar-refractivity contribution in [3.8, 4) is 56.9 Å². The fourth-order valence-electron chi connectivity index (χ4n) is 4.40. The minimum atomic E-state index is -0.297. The number of hydrogen-bond donors (Lipinski definition) is 9. The standard InChI is InChI=1S/C19H20N2O5.C10H14O2.C4H5NS.H4N2/c1-3-10-6-12(15(24)8-14(10)23)19-18(13(9-22)20-21-19)11-4-5-17(26-2)16(25)7-11;1-6(2)8-4-7(3)9(11)5-10(8)12;1-4-5-2-3-6-4;1-2/h4-8,22-25H,3,9H2,1-2H3,(H,20,21);4-6,11-12H,1-3H3;2-3H,1H3;1-2H2. The molecule has 0 atom stereocenters. The molecular weight excluding hydrogens is 610 g/mol. The third-order valence-corrected chi connectivity index (χ3v) is 7.53. The first kappa shape index (κ1) is 37.4. The zero-order valence-electron chi connectivity index (χ0n) is 26.7. The Kier molecular flexibility index (Phi) is 14.3. The summed E-state index contributed by atoms with van der Waals surface area (Å²) in [7, 11) is 1.46. The Balaban J connectivity index is 0.000000302. The van der Waals surface area contributed by atoms with Crippen molar-refractivity contribution in [3.05, 3.63) is 81.4 Å². The number of aromatic amines is 1. The number of aryl methyl sites for hydroxylation is 3. The highest BCUT2D eigenvalue weighted by Gasteiger charge is 2.21. The van der Waals surface area contributed by atoms with Crippen LogP contribution in [0.2, 0.25) is 0 Å². The minimum Gasteiger partial charge on any atom is -0.508 e. The first-order valence-corrected chi connectivity index (χ1v) is 15.1. The summed E-state index contributed by atoms with van der Waals surface area (Å²) in [4.78, 5) is 3.94. The molecule has 46 heavy (non-hydrogen) atoms. The summed E-state index contributed by atoms with van der Waals surface area (Å²) < 4.78 is 5.06. The van der Waals surface area contributed by atoms with Crippen LogP contribution in [0.1, 0.15) is 54.1 Å². The van der Waals surface area contributed by atoms with Gasteiger partial charge in [0.05, 0.1) is 24.4 Å². The van der Waals surface area contributed by atoms with Gasteiger partial charge in [0.25, 0.3) is 0 Å². The number of hydrogen-bond acceptors (Lipinski definition) is 12. The number of rotatable bonds is 6. The van der Waals surface area contributed by atoms with Gasteiger partial charge in [0, 0.05) is 34.8 Å². The van der Waals surface area contributed by atoms with Crippen molar-refractivity contribution < 1.29 is 35.4 Å². The normalized spacial score (nSPS) is 10.2. The lowest BCUT2D eigenvalue weighted by atomic mass is 9.96. The molecule has 0 saturated heterocycles. The van der Waals surface area contributed by atoms with E-state index in [1.54, 1.807) is 35.7 Å². The predicted octanol–water partition coefficient (Wildman–Crippen LogP) is 5.72. The van der Waals surface area contributed by atoms with E-state index in [4.69, 9.17) is 4.74 Å². The van der Waals surface area contributed by atoms with E-state index in [1.165, 1.54) is 25.3 Å². The van der Waals surface area contributed by atoms with Gasteiger partial charge < -0.3 is 35.4 Å². The van der Waals surface area contributed by atoms with Crippen LogP contribution in [0.25, 0.3) is 22.4 Å². The Labute approximate surface area is 272 Å². The van der Waals surface area contributed by atoms with Crippen LogP contribution in [-0.4, -0.2) is 52.9 Å². The maximum atomic E-state index is 10.3. The molecule has 0 unspecified atom stereocenters. The van der Waals surface area contributed by atoms with Crippen molar-refractivity contribution in [2.75, 3.05) is 7.11 Å². The molecule has 2 heterocycles. The molecule has 0 aliphatic heterocycles. The quantitative estimate of drug-likeness (QED) is 0.0795. The molecular formula is C33H43N5O7S. The van der Waals surface area contributed by atoms with Gasteiger partial charge in [-0.1, -0.05) is 26.8 Å². The number of nitrogens with zero attached hydrogens (tertiary/aromatic N) is 2. The van der Waals surface area contributed by atoms with Crippen LogP contribution in [0.15, 0.2) is 54.0 Å². The van der Waals surface area contributed by atoms with Crippen LogP contribution in [0.4, 0.5) is 0 Å². The minimum absolute atomic E-state index is 0.00955.